The molecule has 1 aromatic rings. The highest BCUT2D eigenvalue weighted by Gasteiger charge is 2.26. The quantitative estimate of drug-likeness (QED) is 0.558. The standard InChI is InChI=1S/C22H33N4O2/c1-18-4-6-20(7-5-18)21(17-27)25-13-15-26(16-14-25)22(28)24-10-2-3-19-8-11-23-12-9-19/h4-7,17,19,21,23H,1-3,8-16H2,(H,24,28). The van der Waals surface area contributed by atoms with Gasteiger partial charge in [-0.2, -0.15) is 0 Å². The third kappa shape index (κ3) is 5.79. The van der Waals surface area contributed by atoms with E-state index >= 15 is 0 Å². The van der Waals surface area contributed by atoms with Gasteiger partial charge < -0.3 is 20.3 Å². The lowest BCUT2D eigenvalue weighted by Crippen LogP contribution is -2.52. The molecular weight excluding hydrogens is 352 g/mol. The summed E-state index contributed by atoms with van der Waals surface area (Å²) in [6, 6.07) is 7.55. The fourth-order valence-corrected chi connectivity index (χ4v) is 4.16. The third-order valence-corrected chi connectivity index (χ3v) is 5.97. The van der Waals surface area contributed by atoms with Crippen LogP contribution in [0.5, 0.6) is 0 Å². The third-order valence-electron chi connectivity index (χ3n) is 5.97. The smallest absolute Gasteiger partial charge is 0.317 e. The predicted molar refractivity (Wildman–Crippen MR) is 111 cm³/mol. The van der Waals surface area contributed by atoms with Gasteiger partial charge in [-0.15, -0.1) is 0 Å². The van der Waals surface area contributed by atoms with Crippen molar-refractivity contribution in [3.8, 4) is 0 Å². The van der Waals surface area contributed by atoms with Crippen LogP contribution in [0.1, 0.15) is 42.9 Å². The van der Waals surface area contributed by atoms with E-state index in [1.54, 1.807) is 0 Å². The van der Waals surface area contributed by atoms with Crippen molar-refractivity contribution in [3.05, 3.63) is 42.3 Å². The summed E-state index contributed by atoms with van der Waals surface area (Å²) in [5.41, 5.74) is 1.92. The van der Waals surface area contributed by atoms with Gasteiger partial charge in [-0.25, -0.2) is 4.79 Å². The average molecular weight is 386 g/mol. The summed E-state index contributed by atoms with van der Waals surface area (Å²) in [4.78, 5) is 28.1. The summed E-state index contributed by atoms with van der Waals surface area (Å²) in [7, 11) is 0. The van der Waals surface area contributed by atoms with Gasteiger partial charge in [0.05, 0.1) is 6.04 Å². The van der Waals surface area contributed by atoms with Gasteiger partial charge in [-0.05, 0) is 62.7 Å². The molecule has 0 spiro atoms. The molecule has 1 atom stereocenters. The number of amides is 2. The number of carbonyl (C=O) groups excluding carboxylic acids is 2. The van der Waals surface area contributed by atoms with Gasteiger partial charge in [0.15, 0.2) is 0 Å². The predicted octanol–water partition coefficient (Wildman–Crippen LogP) is 2.22. The molecule has 0 saturated carbocycles. The van der Waals surface area contributed by atoms with Gasteiger partial charge in [-0.1, -0.05) is 24.3 Å². The Kier molecular flexibility index (Phi) is 7.86. The number of aldehydes is 1. The highest BCUT2D eigenvalue weighted by Crippen LogP contribution is 2.21. The minimum atomic E-state index is -0.254. The Morgan fingerprint density at radius 2 is 1.86 bits per heavy atom. The van der Waals surface area contributed by atoms with Crippen molar-refractivity contribution < 1.29 is 9.59 Å². The second-order valence-electron chi connectivity index (χ2n) is 7.91. The fraction of sp³-hybridized carbons (Fsp3) is 0.591. The molecule has 2 saturated heterocycles. The van der Waals surface area contributed by atoms with E-state index in [-0.39, 0.29) is 12.1 Å². The Labute approximate surface area is 168 Å². The first-order valence-corrected chi connectivity index (χ1v) is 10.5. The number of nitrogens with zero attached hydrogens (tertiary/aromatic N) is 2. The van der Waals surface area contributed by atoms with Gasteiger partial charge in [-0.3, -0.25) is 4.90 Å². The molecule has 153 valence electrons. The van der Waals surface area contributed by atoms with E-state index in [0.29, 0.717) is 26.2 Å². The van der Waals surface area contributed by atoms with Crippen molar-refractivity contribution >= 4 is 12.3 Å². The molecule has 2 heterocycles. The summed E-state index contributed by atoms with van der Waals surface area (Å²) in [5, 5.41) is 6.45. The maximum Gasteiger partial charge on any atom is 0.317 e. The van der Waals surface area contributed by atoms with Crippen molar-refractivity contribution in [2.45, 2.75) is 31.7 Å². The number of hydrogen-bond acceptors (Lipinski definition) is 4. The van der Waals surface area contributed by atoms with E-state index in [1.165, 1.54) is 19.3 Å². The topological polar surface area (TPSA) is 64.7 Å². The average Bonchev–Trinajstić information content (AvgIpc) is 2.74. The van der Waals surface area contributed by atoms with Gasteiger partial charge in [0, 0.05) is 32.7 Å². The zero-order valence-electron chi connectivity index (χ0n) is 16.7. The molecule has 3 rings (SSSR count). The molecule has 0 aromatic heterocycles. The maximum atomic E-state index is 12.4. The van der Waals surface area contributed by atoms with E-state index in [0.717, 1.165) is 49.4 Å². The summed E-state index contributed by atoms with van der Waals surface area (Å²) < 4.78 is 0. The van der Waals surface area contributed by atoms with E-state index in [1.807, 2.05) is 29.2 Å². The Morgan fingerprint density at radius 1 is 1.18 bits per heavy atom. The van der Waals surface area contributed by atoms with Crippen LogP contribution in [0.15, 0.2) is 24.3 Å². The molecule has 2 aliphatic rings. The van der Waals surface area contributed by atoms with Crippen LogP contribution in [0.4, 0.5) is 4.79 Å². The lowest BCUT2D eigenvalue weighted by atomic mass is 9.93. The first-order chi connectivity index (χ1) is 13.7. The van der Waals surface area contributed by atoms with E-state index in [2.05, 4.69) is 22.5 Å². The molecule has 2 N–H and O–H groups in total. The van der Waals surface area contributed by atoms with Gasteiger partial charge in [0.25, 0.3) is 0 Å². The highest BCUT2D eigenvalue weighted by atomic mass is 16.2. The Bertz CT molecular complexity index is 620. The summed E-state index contributed by atoms with van der Waals surface area (Å²) >= 11 is 0. The van der Waals surface area contributed by atoms with Gasteiger partial charge in [0.1, 0.15) is 6.29 Å². The van der Waals surface area contributed by atoms with Crippen LogP contribution >= 0.6 is 0 Å². The Morgan fingerprint density at radius 3 is 2.50 bits per heavy atom. The normalized spacial score (nSPS) is 20.0. The van der Waals surface area contributed by atoms with Gasteiger partial charge >= 0.3 is 6.03 Å². The molecule has 28 heavy (non-hydrogen) atoms. The first-order valence-electron chi connectivity index (χ1n) is 10.5. The Hall–Kier alpha value is -1.92. The molecule has 1 unspecified atom stereocenters. The van der Waals surface area contributed by atoms with Crippen molar-refractivity contribution in [1.29, 1.82) is 0 Å². The molecule has 0 bridgehead atoms. The number of hydrogen-bond donors (Lipinski definition) is 2. The van der Waals surface area contributed by atoms with E-state index in [4.69, 9.17) is 0 Å². The molecular formula is C22H33N4O2. The number of urea groups is 1. The number of carbonyl (C=O) groups is 2. The Balaban J connectivity index is 1.38. The lowest BCUT2D eigenvalue weighted by molar-refractivity contribution is -0.113. The number of rotatable bonds is 7. The molecule has 2 fully saturated rings. The van der Waals surface area contributed by atoms with Crippen LogP contribution in [0.25, 0.3) is 0 Å². The summed E-state index contributed by atoms with van der Waals surface area (Å²) in [6.45, 7) is 9.61. The SMILES string of the molecule is [CH2]c1ccc(C(C=O)N2CCN(C(=O)NCCCC3CCNCC3)CC2)cc1. The zero-order valence-corrected chi connectivity index (χ0v) is 16.7. The van der Waals surface area contributed by atoms with Crippen LogP contribution < -0.4 is 10.6 Å². The van der Waals surface area contributed by atoms with Crippen LogP contribution in [0.3, 0.4) is 0 Å². The molecule has 1 radical (unpaired) electrons. The molecule has 1 aromatic carbocycles. The number of piperidine rings is 1. The molecule has 2 amide bonds. The maximum absolute atomic E-state index is 12.4. The van der Waals surface area contributed by atoms with Crippen LogP contribution in [-0.2, 0) is 4.79 Å². The van der Waals surface area contributed by atoms with Crippen LogP contribution in [-0.4, -0.2) is 67.9 Å². The minimum absolute atomic E-state index is 0.0222. The molecule has 6 nitrogen and oxygen atoms in total. The van der Waals surface area contributed by atoms with Crippen molar-refractivity contribution in [3.63, 3.8) is 0 Å². The molecule has 6 heteroatoms. The minimum Gasteiger partial charge on any atom is -0.338 e. The van der Waals surface area contributed by atoms with Crippen LogP contribution in [0.2, 0.25) is 0 Å². The summed E-state index contributed by atoms with van der Waals surface area (Å²) in [6.07, 6.45) is 5.75. The second kappa shape index (κ2) is 10.6. The first kappa shape index (κ1) is 20.8. The van der Waals surface area contributed by atoms with Crippen molar-refractivity contribution in [1.82, 2.24) is 20.4 Å². The number of piperazine rings is 1. The van der Waals surface area contributed by atoms with Crippen molar-refractivity contribution in [2.75, 3.05) is 45.8 Å². The monoisotopic (exact) mass is 385 g/mol. The zero-order chi connectivity index (χ0) is 19.8. The molecule has 0 aliphatic carbocycles. The summed E-state index contributed by atoms with van der Waals surface area (Å²) in [5.74, 6) is 0.805. The number of benzene rings is 1. The van der Waals surface area contributed by atoms with Crippen LogP contribution in [0, 0.1) is 12.8 Å². The van der Waals surface area contributed by atoms with Gasteiger partial charge in [0.2, 0.25) is 0 Å². The van der Waals surface area contributed by atoms with E-state index < -0.39 is 0 Å². The van der Waals surface area contributed by atoms with Crippen molar-refractivity contribution in [2.24, 2.45) is 5.92 Å². The fourth-order valence-electron chi connectivity index (χ4n) is 4.16. The lowest BCUT2D eigenvalue weighted by Gasteiger charge is -2.37. The second-order valence-corrected chi connectivity index (χ2v) is 7.91. The highest BCUT2D eigenvalue weighted by molar-refractivity contribution is 5.74. The largest absolute Gasteiger partial charge is 0.338 e. The number of nitrogens with one attached hydrogen (secondary N) is 2. The molecule has 2 aliphatic heterocycles. The van der Waals surface area contributed by atoms with E-state index in [9.17, 15) is 9.59 Å².